The molecule has 1 aliphatic heterocycles. The lowest BCUT2D eigenvalue weighted by molar-refractivity contribution is -0.155. The molecule has 0 saturated heterocycles. The quantitative estimate of drug-likeness (QED) is 0.915. The number of rotatable bonds is 3. The van der Waals surface area contributed by atoms with Gasteiger partial charge in [0.05, 0.1) is 6.54 Å². The highest BCUT2D eigenvalue weighted by Crippen LogP contribution is 2.33. The van der Waals surface area contributed by atoms with Crippen LogP contribution in [0.25, 0.3) is 0 Å². The Bertz CT molecular complexity index is 443. The van der Waals surface area contributed by atoms with E-state index < -0.39 is 12.7 Å². The largest absolute Gasteiger partial charge is 0.401 e. The Balaban J connectivity index is 2.32. The summed E-state index contributed by atoms with van der Waals surface area (Å²) in [4.78, 5) is 1.56. The number of hydrogen-bond donors (Lipinski definition) is 1. The van der Waals surface area contributed by atoms with E-state index >= 15 is 0 Å². The molecule has 1 atom stereocenters. The normalized spacial score (nSPS) is 20.1. The Morgan fingerprint density at radius 1 is 1.30 bits per heavy atom. The van der Waals surface area contributed by atoms with Gasteiger partial charge in [-0.3, -0.25) is 4.90 Å². The number of halogens is 3. The van der Waals surface area contributed by atoms with Crippen molar-refractivity contribution in [1.82, 2.24) is 10.2 Å². The summed E-state index contributed by atoms with van der Waals surface area (Å²) in [5, 5.41) is 3.28. The van der Waals surface area contributed by atoms with Gasteiger partial charge in [0.1, 0.15) is 0 Å². The zero-order chi connectivity index (χ0) is 14.8. The van der Waals surface area contributed by atoms with Crippen LogP contribution in [-0.4, -0.2) is 30.2 Å². The van der Waals surface area contributed by atoms with Crippen LogP contribution >= 0.6 is 0 Å². The van der Waals surface area contributed by atoms with Crippen LogP contribution in [0.3, 0.4) is 0 Å². The van der Waals surface area contributed by atoms with E-state index in [0.29, 0.717) is 6.42 Å². The van der Waals surface area contributed by atoms with Gasteiger partial charge in [-0.25, -0.2) is 0 Å². The van der Waals surface area contributed by atoms with Crippen molar-refractivity contribution in [2.45, 2.75) is 45.1 Å². The van der Waals surface area contributed by atoms with Crippen molar-refractivity contribution < 1.29 is 13.2 Å². The third-order valence-electron chi connectivity index (χ3n) is 3.75. The molecule has 1 heterocycles. The standard InChI is InChI=1S/C15H21F3N2/c1-11(2)20(10-15(16,17)18)14-7-8-19-9-12-5-3-4-6-13(12)14/h3-6,11,14,19H,7-10H2,1-2H3. The summed E-state index contributed by atoms with van der Waals surface area (Å²) in [5.41, 5.74) is 2.12. The molecular weight excluding hydrogens is 265 g/mol. The molecule has 1 aromatic carbocycles. The van der Waals surface area contributed by atoms with Crippen molar-refractivity contribution in [2.75, 3.05) is 13.1 Å². The zero-order valence-corrected chi connectivity index (χ0v) is 11.9. The lowest BCUT2D eigenvalue weighted by Crippen LogP contribution is -2.42. The molecule has 1 aliphatic rings. The van der Waals surface area contributed by atoms with Gasteiger partial charge in [0.25, 0.3) is 0 Å². The molecule has 5 heteroatoms. The van der Waals surface area contributed by atoms with Crippen LogP contribution in [0.4, 0.5) is 13.2 Å². The number of benzene rings is 1. The first-order valence-electron chi connectivity index (χ1n) is 6.99. The highest BCUT2D eigenvalue weighted by Gasteiger charge is 2.36. The Morgan fingerprint density at radius 2 is 2.00 bits per heavy atom. The third-order valence-corrected chi connectivity index (χ3v) is 3.75. The summed E-state index contributed by atoms with van der Waals surface area (Å²) in [6, 6.07) is 7.47. The summed E-state index contributed by atoms with van der Waals surface area (Å²) >= 11 is 0. The van der Waals surface area contributed by atoms with Gasteiger partial charge in [-0.2, -0.15) is 13.2 Å². The highest BCUT2D eigenvalue weighted by atomic mass is 19.4. The molecule has 20 heavy (non-hydrogen) atoms. The van der Waals surface area contributed by atoms with Gasteiger partial charge in [-0.1, -0.05) is 24.3 Å². The second-order valence-electron chi connectivity index (χ2n) is 5.56. The van der Waals surface area contributed by atoms with Gasteiger partial charge in [-0.15, -0.1) is 0 Å². The summed E-state index contributed by atoms with van der Waals surface area (Å²) in [6.07, 6.45) is -3.47. The first-order valence-corrected chi connectivity index (χ1v) is 6.99. The second-order valence-corrected chi connectivity index (χ2v) is 5.56. The van der Waals surface area contributed by atoms with Crippen molar-refractivity contribution in [3.05, 3.63) is 35.4 Å². The summed E-state index contributed by atoms with van der Waals surface area (Å²) in [7, 11) is 0. The fraction of sp³-hybridized carbons (Fsp3) is 0.600. The van der Waals surface area contributed by atoms with Gasteiger partial charge in [0, 0.05) is 18.6 Å². The third kappa shape index (κ3) is 3.73. The molecule has 0 aromatic heterocycles. The Morgan fingerprint density at radius 3 is 2.65 bits per heavy atom. The molecule has 0 aliphatic carbocycles. The van der Waals surface area contributed by atoms with Gasteiger partial charge in [0.2, 0.25) is 0 Å². The number of hydrogen-bond acceptors (Lipinski definition) is 2. The molecule has 0 saturated carbocycles. The van der Waals surface area contributed by atoms with Crippen LogP contribution in [-0.2, 0) is 6.54 Å². The molecule has 1 unspecified atom stereocenters. The first-order chi connectivity index (χ1) is 9.38. The van der Waals surface area contributed by atoms with Gasteiger partial charge < -0.3 is 5.32 Å². The second kappa shape index (κ2) is 6.14. The van der Waals surface area contributed by atoms with E-state index in [0.717, 1.165) is 24.2 Å². The molecule has 1 aromatic rings. The van der Waals surface area contributed by atoms with E-state index in [1.54, 1.807) is 4.90 Å². The number of nitrogens with zero attached hydrogens (tertiary/aromatic N) is 1. The van der Waals surface area contributed by atoms with E-state index in [-0.39, 0.29) is 12.1 Å². The van der Waals surface area contributed by atoms with Crippen molar-refractivity contribution in [3.8, 4) is 0 Å². The molecule has 0 radical (unpaired) electrons. The molecular formula is C15H21F3N2. The van der Waals surface area contributed by atoms with Gasteiger partial charge >= 0.3 is 6.18 Å². The monoisotopic (exact) mass is 286 g/mol. The SMILES string of the molecule is CC(C)N(CC(F)(F)F)C1CCNCc2ccccc21. The average Bonchev–Trinajstić information content (AvgIpc) is 2.57. The Kier molecular flexibility index (Phi) is 4.70. The van der Waals surface area contributed by atoms with E-state index in [1.807, 2.05) is 38.1 Å². The maximum atomic E-state index is 12.8. The van der Waals surface area contributed by atoms with E-state index in [1.165, 1.54) is 0 Å². The minimum Gasteiger partial charge on any atom is -0.313 e. The number of fused-ring (bicyclic) bond motifs is 1. The van der Waals surface area contributed by atoms with Crippen LogP contribution in [0, 0.1) is 0 Å². The van der Waals surface area contributed by atoms with Crippen molar-refractivity contribution in [2.24, 2.45) is 0 Å². The van der Waals surface area contributed by atoms with Crippen LogP contribution in [0.5, 0.6) is 0 Å². The molecule has 0 fully saturated rings. The molecule has 112 valence electrons. The fourth-order valence-corrected chi connectivity index (χ4v) is 2.84. The number of nitrogens with one attached hydrogen (secondary N) is 1. The summed E-state index contributed by atoms with van der Waals surface area (Å²) < 4.78 is 38.5. The van der Waals surface area contributed by atoms with Gasteiger partial charge in [-0.05, 0) is 37.9 Å². The minimum absolute atomic E-state index is 0.146. The Hall–Kier alpha value is -1.07. The lowest BCUT2D eigenvalue weighted by Gasteiger charge is -2.35. The van der Waals surface area contributed by atoms with Crippen LogP contribution in [0.15, 0.2) is 24.3 Å². The fourth-order valence-electron chi connectivity index (χ4n) is 2.84. The minimum atomic E-state index is -4.17. The summed E-state index contributed by atoms with van der Waals surface area (Å²) in [6.45, 7) is 4.26. The van der Waals surface area contributed by atoms with Gasteiger partial charge in [0.15, 0.2) is 0 Å². The highest BCUT2D eigenvalue weighted by molar-refractivity contribution is 5.31. The molecule has 0 bridgehead atoms. The Labute approximate surface area is 118 Å². The topological polar surface area (TPSA) is 15.3 Å². The van der Waals surface area contributed by atoms with Crippen LogP contribution < -0.4 is 5.32 Å². The van der Waals surface area contributed by atoms with Crippen LogP contribution in [0.2, 0.25) is 0 Å². The lowest BCUT2D eigenvalue weighted by atomic mass is 9.97. The molecule has 2 rings (SSSR count). The molecule has 2 nitrogen and oxygen atoms in total. The first kappa shape index (κ1) is 15.3. The van der Waals surface area contributed by atoms with Crippen LogP contribution in [0.1, 0.15) is 37.4 Å². The molecule has 1 N–H and O–H groups in total. The summed E-state index contributed by atoms with van der Waals surface area (Å²) in [5.74, 6) is 0. The van der Waals surface area contributed by atoms with E-state index in [9.17, 15) is 13.2 Å². The van der Waals surface area contributed by atoms with Crippen molar-refractivity contribution in [1.29, 1.82) is 0 Å². The smallest absolute Gasteiger partial charge is 0.313 e. The maximum Gasteiger partial charge on any atom is 0.401 e. The maximum absolute atomic E-state index is 12.8. The predicted octanol–water partition coefficient (Wildman–Crippen LogP) is 3.49. The average molecular weight is 286 g/mol. The van der Waals surface area contributed by atoms with E-state index in [4.69, 9.17) is 0 Å². The van der Waals surface area contributed by atoms with E-state index in [2.05, 4.69) is 5.32 Å². The zero-order valence-electron chi connectivity index (χ0n) is 11.9. The number of alkyl halides is 3. The van der Waals surface area contributed by atoms with Crippen molar-refractivity contribution >= 4 is 0 Å². The predicted molar refractivity (Wildman–Crippen MR) is 73.4 cm³/mol. The van der Waals surface area contributed by atoms with Crippen molar-refractivity contribution in [3.63, 3.8) is 0 Å². The molecule has 0 spiro atoms. The molecule has 0 amide bonds.